The summed E-state index contributed by atoms with van der Waals surface area (Å²) in [5, 5.41) is 3.22. The molecule has 1 saturated heterocycles. The molecule has 2 heterocycles. The standard InChI is InChI=1S/C31H43F2N5O2/c1-21(18-22(2)20-39)19-25(24(4)35-26-10-8-23(3)34-28(26)29(32)33)9-11-27(36(6)7)37-14-16-38(17-15-37)30(40)31(5)12-13-31/h8-11,18-20,24,29,35H,12-17H2,1-7H3/b21-19-,22-18+,25-9-,27-11+/t24-/m1/s1. The molecular weight excluding hydrogens is 512 g/mol. The maximum Gasteiger partial charge on any atom is 0.282 e. The van der Waals surface area contributed by atoms with Crippen LogP contribution in [0.2, 0.25) is 0 Å². The van der Waals surface area contributed by atoms with Gasteiger partial charge in [-0.25, -0.2) is 13.8 Å². The predicted molar refractivity (Wildman–Crippen MR) is 156 cm³/mol. The van der Waals surface area contributed by atoms with Crippen LogP contribution >= 0.6 is 0 Å². The molecule has 0 bridgehead atoms. The van der Waals surface area contributed by atoms with E-state index in [-0.39, 0.29) is 28.7 Å². The molecule has 1 amide bonds. The van der Waals surface area contributed by atoms with Crippen LogP contribution in [0.3, 0.4) is 0 Å². The zero-order valence-electron chi connectivity index (χ0n) is 24.8. The molecule has 1 aliphatic carbocycles. The van der Waals surface area contributed by atoms with Gasteiger partial charge in [-0.05, 0) is 69.9 Å². The first kappa shape index (κ1) is 31.0. The molecule has 0 spiro atoms. The van der Waals surface area contributed by atoms with Crippen molar-refractivity contribution in [2.45, 2.75) is 59.9 Å². The Kier molecular flexibility index (Phi) is 10.3. The van der Waals surface area contributed by atoms with Gasteiger partial charge in [0.25, 0.3) is 6.43 Å². The fraction of sp³-hybridized carbons (Fsp3) is 0.516. The zero-order chi connectivity index (χ0) is 29.6. The third-order valence-corrected chi connectivity index (χ3v) is 7.47. The lowest BCUT2D eigenvalue weighted by molar-refractivity contribution is -0.138. The molecular formula is C31H43F2N5O2. The Labute approximate surface area is 237 Å². The minimum Gasteiger partial charge on any atom is -0.377 e. The van der Waals surface area contributed by atoms with Gasteiger partial charge in [0.2, 0.25) is 5.91 Å². The molecule has 1 atom stereocenters. The number of aromatic nitrogens is 1. The third-order valence-electron chi connectivity index (χ3n) is 7.47. The van der Waals surface area contributed by atoms with Crippen molar-refractivity contribution in [3.05, 3.63) is 70.4 Å². The molecule has 1 N–H and O–H groups in total. The van der Waals surface area contributed by atoms with Gasteiger partial charge in [-0.3, -0.25) is 9.59 Å². The molecule has 9 heteroatoms. The van der Waals surface area contributed by atoms with E-state index in [4.69, 9.17) is 0 Å². The largest absolute Gasteiger partial charge is 0.377 e. The van der Waals surface area contributed by atoms with Gasteiger partial charge in [0.15, 0.2) is 0 Å². The number of nitrogens with one attached hydrogen (secondary N) is 1. The maximum atomic E-state index is 13.7. The van der Waals surface area contributed by atoms with E-state index in [1.54, 1.807) is 32.1 Å². The quantitative estimate of drug-likeness (QED) is 0.221. The Bertz CT molecular complexity index is 1210. The second kappa shape index (κ2) is 13.2. The Morgan fingerprint density at radius 1 is 1.05 bits per heavy atom. The third kappa shape index (κ3) is 8.02. The van der Waals surface area contributed by atoms with Crippen LogP contribution in [0.15, 0.2) is 59.0 Å². The molecule has 2 aliphatic rings. The normalized spacial score (nSPS) is 19.1. The average Bonchev–Trinajstić information content (AvgIpc) is 3.66. The fourth-order valence-corrected chi connectivity index (χ4v) is 4.83. The second-order valence-corrected chi connectivity index (χ2v) is 11.4. The molecule has 7 nitrogen and oxygen atoms in total. The van der Waals surface area contributed by atoms with E-state index in [9.17, 15) is 18.4 Å². The van der Waals surface area contributed by atoms with Crippen LogP contribution in [-0.4, -0.2) is 78.2 Å². The van der Waals surface area contributed by atoms with Gasteiger partial charge in [-0.15, -0.1) is 0 Å². The highest BCUT2D eigenvalue weighted by Crippen LogP contribution is 2.46. The predicted octanol–water partition coefficient (Wildman–Crippen LogP) is 5.49. The number of hydrogen-bond donors (Lipinski definition) is 1. The number of aryl methyl sites for hydroxylation is 1. The monoisotopic (exact) mass is 555 g/mol. The Hall–Kier alpha value is -3.49. The van der Waals surface area contributed by atoms with E-state index in [1.807, 2.05) is 62.9 Å². The van der Waals surface area contributed by atoms with E-state index in [0.717, 1.165) is 49.2 Å². The number of allylic oxidation sites excluding steroid dienone is 5. The first-order valence-electron chi connectivity index (χ1n) is 13.8. The lowest BCUT2D eigenvalue weighted by Crippen LogP contribution is -2.51. The summed E-state index contributed by atoms with van der Waals surface area (Å²) in [6, 6.07) is 3.00. The van der Waals surface area contributed by atoms with Crippen molar-refractivity contribution in [3.63, 3.8) is 0 Å². The van der Waals surface area contributed by atoms with Gasteiger partial charge >= 0.3 is 0 Å². The van der Waals surface area contributed by atoms with Crippen LogP contribution in [0, 0.1) is 12.3 Å². The van der Waals surface area contributed by atoms with Crippen molar-refractivity contribution in [3.8, 4) is 0 Å². The summed E-state index contributed by atoms with van der Waals surface area (Å²) in [4.78, 5) is 34.3. The van der Waals surface area contributed by atoms with Crippen molar-refractivity contribution in [1.82, 2.24) is 19.7 Å². The summed E-state index contributed by atoms with van der Waals surface area (Å²) >= 11 is 0. The number of anilines is 1. The van der Waals surface area contributed by atoms with Crippen LogP contribution < -0.4 is 5.32 Å². The molecule has 2 fully saturated rings. The van der Waals surface area contributed by atoms with Crippen LogP contribution in [-0.2, 0) is 9.59 Å². The van der Waals surface area contributed by atoms with E-state index >= 15 is 0 Å². The van der Waals surface area contributed by atoms with Gasteiger partial charge in [0.1, 0.15) is 17.8 Å². The summed E-state index contributed by atoms with van der Waals surface area (Å²) in [5.74, 6) is 1.25. The van der Waals surface area contributed by atoms with Gasteiger partial charge < -0.3 is 20.0 Å². The molecule has 3 rings (SSSR count). The van der Waals surface area contributed by atoms with Crippen molar-refractivity contribution >= 4 is 17.9 Å². The van der Waals surface area contributed by atoms with Crippen LogP contribution in [0.4, 0.5) is 14.5 Å². The number of pyridine rings is 1. The van der Waals surface area contributed by atoms with E-state index in [2.05, 4.69) is 15.2 Å². The number of hydrogen-bond acceptors (Lipinski definition) is 6. The Morgan fingerprint density at radius 3 is 2.23 bits per heavy atom. The van der Waals surface area contributed by atoms with Crippen molar-refractivity contribution in [1.29, 1.82) is 0 Å². The molecule has 0 radical (unpaired) electrons. The second-order valence-electron chi connectivity index (χ2n) is 11.4. The molecule has 218 valence electrons. The van der Waals surface area contributed by atoms with E-state index in [1.165, 1.54) is 0 Å². The lowest BCUT2D eigenvalue weighted by Gasteiger charge is -2.40. The summed E-state index contributed by atoms with van der Waals surface area (Å²) in [6.45, 7) is 12.1. The fourth-order valence-electron chi connectivity index (χ4n) is 4.83. The minimum absolute atomic E-state index is 0.166. The van der Waals surface area contributed by atoms with Crippen molar-refractivity contribution in [2.24, 2.45) is 5.41 Å². The molecule has 40 heavy (non-hydrogen) atoms. The number of amides is 1. The number of rotatable bonds is 11. The van der Waals surface area contributed by atoms with Gasteiger partial charge in [-0.1, -0.05) is 30.7 Å². The molecule has 0 aromatic carbocycles. The highest BCUT2D eigenvalue weighted by Gasteiger charge is 2.47. The van der Waals surface area contributed by atoms with Crippen molar-refractivity contribution in [2.75, 3.05) is 45.6 Å². The number of nitrogens with zero attached hydrogens (tertiary/aromatic N) is 4. The summed E-state index contributed by atoms with van der Waals surface area (Å²) < 4.78 is 27.5. The maximum absolute atomic E-state index is 13.7. The average molecular weight is 556 g/mol. The topological polar surface area (TPSA) is 68.8 Å². The number of halogens is 2. The number of piperazine rings is 1. The molecule has 1 aromatic heterocycles. The van der Waals surface area contributed by atoms with Gasteiger partial charge in [-0.2, -0.15) is 0 Å². The first-order chi connectivity index (χ1) is 18.8. The SMILES string of the molecule is CC(=C/C(=C/C=C(\N(C)C)N1CCN(C(=O)C2(C)CC2)CC1)[C@@H](C)Nc1ccc(C)nc1C(F)F)/C=C(\C)C=O. The molecule has 1 saturated carbocycles. The highest BCUT2D eigenvalue weighted by atomic mass is 19.3. The first-order valence-corrected chi connectivity index (χ1v) is 13.8. The number of aldehydes is 1. The van der Waals surface area contributed by atoms with Crippen molar-refractivity contribution < 1.29 is 18.4 Å². The van der Waals surface area contributed by atoms with E-state index < -0.39 is 6.43 Å². The van der Waals surface area contributed by atoms with E-state index in [0.29, 0.717) is 24.4 Å². The molecule has 1 aliphatic heterocycles. The summed E-state index contributed by atoms with van der Waals surface area (Å²) in [5.41, 5.74) is 2.67. The highest BCUT2D eigenvalue weighted by molar-refractivity contribution is 5.85. The zero-order valence-corrected chi connectivity index (χ0v) is 24.8. The minimum atomic E-state index is -2.70. The number of carbonyl (C=O) groups is 2. The number of alkyl halides is 2. The molecule has 1 aromatic rings. The van der Waals surface area contributed by atoms with Crippen LogP contribution in [0.1, 0.15) is 58.3 Å². The smallest absolute Gasteiger partial charge is 0.282 e. The molecule has 0 unspecified atom stereocenters. The Morgan fingerprint density at radius 2 is 1.68 bits per heavy atom. The van der Waals surface area contributed by atoms with Gasteiger partial charge in [0.05, 0.1) is 5.69 Å². The number of carbonyl (C=O) groups excluding carboxylic acids is 2. The van der Waals surface area contributed by atoms with Crippen LogP contribution in [0.5, 0.6) is 0 Å². The van der Waals surface area contributed by atoms with Gasteiger partial charge in [0, 0.05) is 57.4 Å². The Balaban J connectivity index is 1.89. The summed E-state index contributed by atoms with van der Waals surface area (Å²) in [6.07, 6.45) is 7.78. The summed E-state index contributed by atoms with van der Waals surface area (Å²) in [7, 11) is 3.96. The lowest BCUT2D eigenvalue weighted by atomic mass is 10.0. The van der Waals surface area contributed by atoms with Crippen LogP contribution in [0.25, 0.3) is 0 Å².